The molecule has 3 rings (SSSR count). The number of hydrogen-bond donors (Lipinski definition) is 1. The van der Waals surface area contributed by atoms with E-state index in [9.17, 15) is 4.79 Å². The number of nitrogens with one attached hydrogen (secondary N) is 1. The van der Waals surface area contributed by atoms with Gasteiger partial charge in [0.1, 0.15) is 0 Å². The van der Waals surface area contributed by atoms with Crippen LogP contribution in [0.3, 0.4) is 0 Å². The topological polar surface area (TPSA) is 29.1 Å². The van der Waals surface area contributed by atoms with Gasteiger partial charge in [-0.25, -0.2) is 0 Å². The zero-order valence-electron chi connectivity index (χ0n) is 14.3. The number of carbonyl (C=O) groups excluding carboxylic acids is 1. The summed E-state index contributed by atoms with van der Waals surface area (Å²) in [4.78, 5) is 13.0. The molecule has 1 fully saturated rings. The van der Waals surface area contributed by atoms with Crippen molar-refractivity contribution in [2.24, 2.45) is 5.92 Å². The maximum atomic E-state index is 13.0. The Hall–Kier alpha value is 0.110. The molecule has 0 heterocycles. The van der Waals surface area contributed by atoms with Crippen molar-refractivity contribution in [1.82, 2.24) is 3.26 Å². The molecule has 1 aromatic carbocycles. The molecule has 130 valence electrons. The molecule has 1 N–H and O–H groups in total. The Kier molecular flexibility index (Phi) is 5.53. The van der Waals surface area contributed by atoms with Gasteiger partial charge in [-0.15, -0.1) is 0 Å². The van der Waals surface area contributed by atoms with E-state index >= 15 is 0 Å². The fourth-order valence-corrected chi connectivity index (χ4v) is 21.8. The van der Waals surface area contributed by atoms with E-state index in [-0.39, 0.29) is 15.5 Å². The number of allylic oxidation sites excluding steroid dienone is 1. The molecule has 1 unspecified atom stereocenters. The van der Waals surface area contributed by atoms with Crippen molar-refractivity contribution >= 4 is 34.4 Å². The van der Waals surface area contributed by atoms with Gasteiger partial charge in [-0.3, -0.25) is 0 Å². The molecule has 0 aliphatic heterocycles. The van der Waals surface area contributed by atoms with E-state index in [2.05, 4.69) is 40.6 Å². The molecule has 1 aromatic rings. The van der Waals surface area contributed by atoms with Crippen molar-refractivity contribution in [2.75, 3.05) is 0 Å². The number of rotatable bonds is 3. The van der Waals surface area contributed by atoms with Gasteiger partial charge in [0.05, 0.1) is 0 Å². The predicted molar refractivity (Wildman–Crippen MR) is 102 cm³/mol. The van der Waals surface area contributed by atoms with Crippen LogP contribution in [0, 0.1) is 5.92 Å². The summed E-state index contributed by atoms with van der Waals surface area (Å²) in [6, 6.07) is 8.26. The van der Waals surface area contributed by atoms with Gasteiger partial charge < -0.3 is 0 Å². The third-order valence-electron chi connectivity index (χ3n) is 5.59. The van der Waals surface area contributed by atoms with Gasteiger partial charge >= 0.3 is 154 Å². The summed E-state index contributed by atoms with van der Waals surface area (Å²) in [5, 5.41) is 0. The van der Waals surface area contributed by atoms with E-state index in [0.717, 1.165) is 25.7 Å². The van der Waals surface area contributed by atoms with Crippen LogP contribution < -0.4 is 3.26 Å². The van der Waals surface area contributed by atoms with Gasteiger partial charge in [-0.1, -0.05) is 0 Å². The summed E-state index contributed by atoms with van der Waals surface area (Å²) in [6.07, 6.45) is 9.68. The molecule has 1 saturated carbocycles. The van der Waals surface area contributed by atoms with Gasteiger partial charge in [-0.05, 0) is 0 Å². The Labute approximate surface area is 153 Å². The summed E-state index contributed by atoms with van der Waals surface area (Å²) in [5.74, 6) is 0.195. The number of fused-ring (bicyclic) bond motifs is 1. The van der Waals surface area contributed by atoms with E-state index in [1.54, 1.807) is 0 Å². The molecule has 2 aliphatic carbocycles. The average Bonchev–Trinajstić information content (AvgIpc) is 3.00. The summed E-state index contributed by atoms with van der Waals surface area (Å²) >= 11 is -4.50. The summed E-state index contributed by atoms with van der Waals surface area (Å²) in [7, 11) is 14.6. The molecule has 0 saturated heterocycles. The molecular weight excluding hydrogens is 436 g/mol. The van der Waals surface area contributed by atoms with Gasteiger partial charge in [0.15, 0.2) is 0 Å². The fourth-order valence-electron chi connectivity index (χ4n) is 3.90. The molecule has 0 radical (unpaired) electrons. The first-order chi connectivity index (χ1) is 11.3. The average molecular weight is 462 g/mol. The second kappa shape index (κ2) is 7.02. The van der Waals surface area contributed by atoms with Gasteiger partial charge in [0, 0.05) is 0 Å². The Morgan fingerprint density at radius 1 is 1.17 bits per heavy atom. The number of halogens is 2. The van der Waals surface area contributed by atoms with Crippen LogP contribution in [0.5, 0.6) is 0 Å². The summed E-state index contributed by atoms with van der Waals surface area (Å²) in [5.41, 5.74) is 1.29. The maximum absolute atomic E-state index is 13.0. The Bertz CT molecular complexity index is 758. The van der Waals surface area contributed by atoms with Crippen LogP contribution in [-0.2, 0) is 20.1 Å². The first-order valence-electron chi connectivity index (χ1n) is 8.80. The van der Waals surface area contributed by atoms with E-state index in [0.29, 0.717) is 0 Å². The molecule has 0 aromatic heterocycles. The second-order valence-corrected chi connectivity index (χ2v) is 44.5. The van der Waals surface area contributed by atoms with E-state index in [1.165, 1.54) is 17.5 Å². The van der Waals surface area contributed by atoms with Crippen LogP contribution in [-0.4, -0.2) is 11.3 Å². The van der Waals surface area contributed by atoms with Gasteiger partial charge in [0.2, 0.25) is 0 Å². The van der Waals surface area contributed by atoms with Crippen LogP contribution in [0.2, 0.25) is 13.1 Å². The third kappa shape index (κ3) is 3.37. The van der Waals surface area contributed by atoms with Crippen LogP contribution in [0.1, 0.15) is 46.9 Å². The molecule has 2 nitrogen and oxygen atoms in total. The van der Waals surface area contributed by atoms with Crippen LogP contribution in [0.15, 0.2) is 30.3 Å². The molecule has 6 heteroatoms. The molecule has 0 bridgehead atoms. The van der Waals surface area contributed by atoms with Gasteiger partial charge in [0.25, 0.3) is 0 Å². The van der Waals surface area contributed by atoms with Crippen molar-refractivity contribution in [3.05, 3.63) is 41.5 Å². The number of carbonyl (C=O) groups is 1. The summed E-state index contributed by atoms with van der Waals surface area (Å²) < 4.78 is 3.31. The number of amides is 1. The van der Waals surface area contributed by atoms with E-state index in [4.69, 9.17) is 17.0 Å². The number of hydrogen-bond acceptors (Lipinski definition) is 1. The molecule has 1 atom stereocenters. The first kappa shape index (κ1) is 18.9. The quantitative estimate of drug-likeness (QED) is 0.582. The Morgan fingerprint density at radius 2 is 1.83 bits per heavy atom. The SMILES string of the molecule is C[Si](C)=[Zr]([Cl])([Cl])([NH]C(=O)C1CCCCC1)[CH]1C=Cc2ccccc21. The predicted octanol–water partition coefficient (Wildman–Crippen LogP) is 5.61. The summed E-state index contributed by atoms with van der Waals surface area (Å²) in [6.45, 7) is 4.32. The third-order valence-corrected chi connectivity index (χ3v) is 46.5. The zero-order valence-corrected chi connectivity index (χ0v) is 19.3. The first-order valence-corrected chi connectivity index (χ1v) is 24.0. The molecule has 1 amide bonds. The fraction of sp³-hybridized carbons (Fsp3) is 0.500. The minimum atomic E-state index is -4.50. The standard InChI is InChI=1S/C9H7.C7H13NO.C2H6Si.2ClH.Zr/c1-2-5-9-7-3-6-8(9)4-1;8-7(9)6-4-2-1-3-5-6;1-3-2;;;/h1-7H;6H,1-5H2,(H2,8,9);1-2H3;2*1H;/q;;;;;+3/p-3. The molecule has 0 spiro atoms. The van der Waals surface area contributed by atoms with Crippen molar-refractivity contribution in [1.29, 1.82) is 0 Å². The van der Waals surface area contributed by atoms with Crippen LogP contribution in [0.4, 0.5) is 0 Å². The Balaban J connectivity index is 1.98. The van der Waals surface area contributed by atoms with E-state index in [1.807, 2.05) is 12.1 Å². The van der Waals surface area contributed by atoms with Crippen LogP contribution >= 0.6 is 17.0 Å². The second-order valence-electron chi connectivity index (χ2n) is 7.37. The van der Waals surface area contributed by atoms with Crippen molar-refractivity contribution < 1.29 is 20.1 Å². The monoisotopic (exact) mass is 459 g/mol. The van der Waals surface area contributed by atoms with E-state index < -0.39 is 20.7 Å². The molecule has 24 heavy (non-hydrogen) atoms. The zero-order chi connectivity index (χ0) is 17.4. The van der Waals surface area contributed by atoms with Gasteiger partial charge in [-0.2, -0.15) is 0 Å². The number of benzene rings is 1. The Morgan fingerprint density at radius 3 is 2.50 bits per heavy atom. The molecule has 2 aliphatic rings. The molecular formula is C18H25Cl2NOSiZr. The van der Waals surface area contributed by atoms with Crippen molar-refractivity contribution in [2.45, 2.75) is 48.8 Å². The van der Waals surface area contributed by atoms with Crippen molar-refractivity contribution in [3.63, 3.8) is 0 Å². The van der Waals surface area contributed by atoms with Crippen LogP contribution in [0.25, 0.3) is 6.08 Å². The minimum absolute atomic E-state index is 0.0117. The van der Waals surface area contributed by atoms with Crippen molar-refractivity contribution in [3.8, 4) is 0 Å². The normalized spacial score (nSPS) is 21.5.